The number of benzene rings is 2. The molecule has 1 aliphatic heterocycles. The normalized spacial score (nSPS) is 12.7. The van der Waals surface area contributed by atoms with Crippen LogP contribution in [0.1, 0.15) is 15.9 Å². The number of rotatable bonds is 5. The van der Waals surface area contributed by atoms with Gasteiger partial charge in [-0.1, -0.05) is 6.07 Å². The van der Waals surface area contributed by atoms with Gasteiger partial charge in [-0.15, -0.1) is 0 Å². The van der Waals surface area contributed by atoms with Crippen molar-refractivity contribution in [2.24, 2.45) is 0 Å². The van der Waals surface area contributed by atoms with Crippen LogP contribution in [0.5, 0.6) is 11.5 Å². The molecule has 2 aromatic carbocycles. The number of carbonyl (C=O) groups is 1. The van der Waals surface area contributed by atoms with Gasteiger partial charge in [0, 0.05) is 24.8 Å². The van der Waals surface area contributed by atoms with Gasteiger partial charge >= 0.3 is 0 Å². The van der Waals surface area contributed by atoms with Crippen LogP contribution < -0.4 is 14.2 Å². The van der Waals surface area contributed by atoms with Crippen molar-refractivity contribution in [3.63, 3.8) is 0 Å². The highest BCUT2D eigenvalue weighted by atomic mass is 32.2. The summed E-state index contributed by atoms with van der Waals surface area (Å²) < 4.78 is 35.4. The first kappa shape index (κ1) is 17.1. The molecule has 1 heterocycles. The van der Waals surface area contributed by atoms with Crippen molar-refractivity contribution in [1.29, 1.82) is 0 Å². The van der Waals surface area contributed by atoms with E-state index in [4.69, 9.17) is 9.47 Å². The number of hydrogen-bond donors (Lipinski definition) is 1. The van der Waals surface area contributed by atoms with Crippen molar-refractivity contribution in [2.45, 2.75) is 6.54 Å². The van der Waals surface area contributed by atoms with E-state index in [1.54, 1.807) is 36.2 Å². The molecule has 0 atom stereocenters. The lowest BCUT2D eigenvalue weighted by Crippen LogP contribution is -2.26. The molecule has 2 aromatic rings. The molecule has 25 heavy (non-hydrogen) atoms. The predicted octanol–water partition coefficient (Wildman–Crippen LogP) is 2.06. The van der Waals surface area contributed by atoms with Gasteiger partial charge in [0.15, 0.2) is 11.5 Å². The molecule has 132 valence electrons. The van der Waals surface area contributed by atoms with Crippen molar-refractivity contribution in [3.8, 4) is 11.5 Å². The summed E-state index contributed by atoms with van der Waals surface area (Å²) in [6, 6.07) is 11.9. The molecule has 0 aliphatic carbocycles. The van der Waals surface area contributed by atoms with Crippen molar-refractivity contribution in [2.75, 3.05) is 24.8 Å². The minimum Gasteiger partial charge on any atom is -0.454 e. The van der Waals surface area contributed by atoms with Crippen LogP contribution in [0.4, 0.5) is 5.69 Å². The maximum Gasteiger partial charge on any atom is 0.253 e. The third-order valence-corrected chi connectivity index (χ3v) is 4.25. The molecule has 0 fully saturated rings. The second-order valence-electron chi connectivity index (χ2n) is 5.80. The van der Waals surface area contributed by atoms with Crippen molar-refractivity contribution in [1.82, 2.24) is 4.90 Å². The third kappa shape index (κ3) is 4.21. The van der Waals surface area contributed by atoms with E-state index < -0.39 is 10.0 Å². The molecular weight excluding hydrogens is 344 g/mol. The van der Waals surface area contributed by atoms with Gasteiger partial charge in [-0.25, -0.2) is 8.42 Å². The Morgan fingerprint density at radius 1 is 1.12 bits per heavy atom. The van der Waals surface area contributed by atoms with Gasteiger partial charge in [0.2, 0.25) is 16.8 Å². The lowest BCUT2D eigenvalue weighted by atomic mass is 10.1. The highest BCUT2D eigenvalue weighted by molar-refractivity contribution is 7.92. The Kier molecular flexibility index (Phi) is 4.54. The Morgan fingerprint density at radius 3 is 2.48 bits per heavy atom. The highest BCUT2D eigenvalue weighted by Gasteiger charge is 2.16. The Hall–Kier alpha value is -2.74. The summed E-state index contributed by atoms with van der Waals surface area (Å²) in [6.07, 6.45) is 1.07. The Balaban J connectivity index is 1.67. The van der Waals surface area contributed by atoms with Gasteiger partial charge in [0.05, 0.1) is 6.26 Å². The van der Waals surface area contributed by atoms with Gasteiger partial charge in [0.25, 0.3) is 5.91 Å². The molecule has 1 amide bonds. The average molecular weight is 362 g/mol. The number of nitrogens with one attached hydrogen (secondary N) is 1. The number of nitrogens with zero attached hydrogens (tertiary/aromatic N) is 1. The number of sulfonamides is 1. The fourth-order valence-corrected chi connectivity index (χ4v) is 3.06. The van der Waals surface area contributed by atoms with Crippen molar-refractivity contribution in [3.05, 3.63) is 53.6 Å². The molecule has 1 aliphatic rings. The summed E-state index contributed by atoms with van der Waals surface area (Å²) in [5, 5.41) is 0. The Morgan fingerprint density at radius 2 is 1.80 bits per heavy atom. The zero-order chi connectivity index (χ0) is 18.0. The van der Waals surface area contributed by atoms with Gasteiger partial charge < -0.3 is 14.4 Å². The standard InChI is InChI=1S/C17H18N2O5S/c1-19(10-12-3-8-15-16(9-12)24-11-23-15)17(20)13-4-6-14(7-5-13)18-25(2,21)22/h3-9,18H,10-11H2,1-2H3. The summed E-state index contributed by atoms with van der Waals surface area (Å²) in [7, 11) is -1.64. The van der Waals surface area contributed by atoms with Gasteiger partial charge in [-0.2, -0.15) is 0 Å². The largest absolute Gasteiger partial charge is 0.454 e. The van der Waals surface area contributed by atoms with Crippen molar-refractivity contribution < 1.29 is 22.7 Å². The zero-order valence-electron chi connectivity index (χ0n) is 13.9. The molecular formula is C17H18N2O5S. The van der Waals surface area contributed by atoms with Crippen LogP contribution in [0.25, 0.3) is 0 Å². The summed E-state index contributed by atoms with van der Waals surface area (Å²) in [6.45, 7) is 0.625. The second kappa shape index (κ2) is 6.64. The molecule has 0 aromatic heterocycles. The van der Waals surface area contributed by atoms with E-state index in [1.165, 1.54) is 0 Å². The molecule has 0 saturated heterocycles. The summed E-state index contributed by atoms with van der Waals surface area (Å²) >= 11 is 0. The monoisotopic (exact) mass is 362 g/mol. The number of fused-ring (bicyclic) bond motifs is 1. The fraction of sp³-hybridized carbons (Fsp3) is 0.235. The second-order valence-corrected chi connectivity index (χ2v) is 7.55. The molecule has 0 unspecified atom stereocenters. The number of amides is 1. The van der Waals surface area contributed by atoms with Gasteiger partial charge in [-0.05, 0) is 42.0 Å². The average Bonchev–Trinajstić information content (AvgIpc) is 3.01. The number of anilines is 1. The smallest absolute Gasteiger partial charge is 0.253 e. The lowest BCUT2D eigenvalue weighted by Gasteiger charge is -2.18. The van der Waals surface area contributed by atoms with Crippen LogP contribution >= 0.6 is 0 Å². The van der Waals surface area contributed by atoms with E-state index in [-0.39, 0.29) is 12.7 Å². The van der Waals surface area contributed by atoms with Crippen LogP contribution in [0.15, 0.2) is 42.5 Å². The highest BCUT2D eigenvalue weighted by Crippen LogP contribution is 2.32. The number of carbonyl (C=O) groups excluding carboxylic acids is 1. The van der Waals surface area contributed by atoms with Gasteiger partial charge in [0.1, 0.15) is 0 Å². The zero-order valence-corrected chi connectivity index (χ0v) is 14.7. The summed E-state index contributed by atoms with van der Waals surface area (Å²) in [4.78, 5) is 14.1. The van der Waals surface area contributed by atoms with E-state index in [9.17, 15) is 13.2 Å². The molecule has 3 rings (SSSR count). The van der Waals surface area contributed by atoms with E-state index in [1.807, 2.05) is 18.2 Å². The molecule has 0 saturated carbocycles. The number of ether oxygens (including phenoxy) is 2. The molecule has 0 radical (unpaired) electrons. The van der Waals surface area contributed by atoms with E-state index >= 15 is 0 Å². The SMILES string of the molecule is CN(Cc1ccc2c(c1)OCO2)C(=O)c1ccc(NS(C)(=O)=O)cc1. The first-order valence-corrected chi connectivity index (χ1v) is 9.43. The van der Waals surface area contributed by atoms with E-state index in [0.29, 0.717) is 29.3 Å². The summed E-state index contributed by atoms with van der Waals surface area (Å²) in [5.41, 5.74) is 1.82. The first-order valence-electron chi connectivity index (χ1n) is 7.54. The topological polar surface area (TPSA) is 84.9 Å². The van der Waals surface area contributed by atoms with Crippen LogP contribution in [0.3, 0.4) is 0 Å². The lowest BCUT2D eigenvalue weighted by molar-refractivity contribution is 0.0785. The number of hydrogen-bond acceptors (Lipinski definition) is 5. The van der Waals surface area contributed by atoms with Crippen LogP contribution in [-0.2, 0) is 16.6 Å². The van der Waals surface area contributed by atoms with Crippen LogP contribution in [0.2, 0.25) is 0 Å². The fourth-order valence-electron chi connectivity index (χ4n) is 2.50. The third-order valence-electron chi connectivity index (χ3n) is 3.64. The van der Waals surface area contributed by atoms with Crippen molar-refractivity contribution >= 4 is 21.6 Å². The molecule has 0 spiro atoms. The molecule has 7 nitrogen and oxygen atoms in total. The minimum atomic E-state index is -3.34. The minimum absolute atomic E-state index is 0.163. The maximum absolute atomic E-state index is 12.5. The molecule has 8 heteroatoms. The molecule has 1 N–H and O–H groups in total. The predicted molar refractivity (Wildman–Crippen MR) is 93.3 cm³/mol. The maximum atomic E-state index is 12.5. The quantitative estimate of drug-likeness (QED) is 0.880. The van der Waals surface area contributed by atoms with E-state index in [2.05, 4.69) is 4.72 Å². The van der Waals surface area contributed by atoms with E-state index in [0.717, 1.165) is 11.8 Å². The Bertz CT molecular complexity index is 894. The van der Waals surface area contributed by atoms with Crippen LogP contribution in [0, 0.1) is 0 Å². The van der Waals surface area contributed by atoms with Crippen LogP contribution in [-0.4, -0.2) is 39.3 Å². The van der Waals surface area contributed by atoms with Gasteiger partial charge in [-0.3, -0.25) is 9.52 Å². The first-order chi connectivity index (χ1) is 11.8. The summed E-state index contributed by atoms with van der Waals surface area (Å²) in [5.74, 6) is 1.21. The Labute approximate surface area is 146 Å². The molecule has 0 bridgehead atoms.